The SMILES string of the molecule is O=S(=O)(O)c1ccc(-c2ccc(-c3cnc(C4(S(=O)(=O)O)C=CC(c5ccccc5)=CC4)cn3)cc2)cc1. The molecule has 0 spiro atoms. The summed E-state index contributed by atoms with van der Waals surface area (Å²) in [6.45, 7) is 0. The summed E-state index contributed by atoms with van der Waals surface area (Å²) in [7, 11) is -8.82. The molecule has 3 aromatic carbocycles. The van der Waals surface area contributed by atoms with Gasteiger partial charge >= 0.3 is 0 Å². The molecule has 1 aromatic heterocycles. The van der Waals surface area contributed by atoms with Crippen molar-refractivity contribution in [1.29, 1.82) is 0 Å². The number of benzene rings is 3. The molecular weight excluding hydrogens is 524 g/mol. The summed E-state index contributed by atoms with van der Waals surface area (Å²) in [5.74, 6) is 0. The van der Waals surface area contributed by atoms with E-state index in [4.69, 9.17) is 4.55 Å². The van der Waals surface area contributed by atoms with Gasteiger partial charge in [0.1, 0.15) is 0 Å². The highest BCUT2D eigenvalue weighted by Crippen LogP contribution is 2.39. The predicted octanol–water partition coefficient (Wildman–Crippen LogP) is 5.18. The van der Waals surface area contributed by atoms with Crippen LogP contribution < -0.4 is 0 Å². The van der Waals surface area contributed by atoms with Crippen LogP contribution in [-0.2, 0) is 25.0 Å². The molecule has 0 bridgehead atoms. The number of allylic oxidation sites excluding steroid dienone is 3. The number of rotatable bonds is 6. The fourth-order valence-electron chi connectivity index (χ4n) is 4.33. The van der Waals surface area contributed by atoms with Gasteiger partial charge in [0.05, 0.1) is 28.7 Å². The van der Waals surface area contributed by atoms with E-state index in [1.165, 1.54) is 30.6 Å². The monoisotopic (exact) mass is 546 g/mol. The molecule has 0 fully saturated rings. The number of aromatic nitrogens is 2. The maximum Gasteiger partial charge on any atom is 0.294 e. The van der Waals surface area contributed by atoms with Crippen molar-refractivity contribution in [3.05, 3.63) is 121 Å². The molecule has 4 aromatic rings. The average Bonchev–Trinajstić information content (AvgIpc) is 2.93. The van der Waals surface area contributed by atoms with Crippen LogP contribution in [0.3, 0.4) is 0 Å². The van der Waals surface area contributed by atoms with E-state index < -0.39 is 25.0 Å². The van der Waals surface area contributed by atoms with Crippen LogP contribution in [0.1, 0.15) is 17.7 Å². The first-order valence-electron chi connectivity index (χ1n) is 11.5. The highest BCUT2D eigenvalue weighted by Gasteiger charge is 2.44. The van der Waals surface area contributed by atoms with Crippen LogP contribution >= 0.6 is 0 Å². The van der Waals surface area contributed by atoms with Gasteiger partial charge in [-0.05, 0) is 40.8 Å². The molecule has 0 aliphatic heterocycles. The topological polar surface area (TPSA) is 135 Å². The molecule has 0 amide bonds. The second-order valence-electron chi connectivity index (χ2n) is 8.79. The fourth-order valence-corrected chi connectivity index (χ4v) is 5.71. The molecule has 5 rings (SSSR count). The Balaban J connectivity index is 1.39. The maximum absolute atomic E-state index is 12.5. The van der Waals surface area contributed by atoms with Crippen molar-refractivity contribution in [2.24, 2.45) is 0 Å². The number of nitrogens with zero attached hydrogens (tertiary/aromatic N) is 2. The molecule has 0 saturated carbocycles. The van der Waals surface area contributed by atoms with Crippen LogP contribution in [0, 0.1) is 0 Å². The Morgan fingerprint density at radius 3 is 1.79 bits per heavy atom. The number of hydrogen-bond acceptors (Lipinski definition) is 6. The predicted molar refractivity (Wildman–Crippen MR) is 144 cm³/mol. The van der Waals surface area contributed by atoms with Crippen molar-refractivity contribution in [2.45, 2.75) is 16.1 Å². The molecule has 8 nitrogen and oxygen atoms in total. The maximum atomic E-state index is 12.5. The van der Waals surface area contributed by atoms with Gasteiger partial charge < -0.3 is 0 Å². The van der Waals surface area contributed by atoms with Crippen LogP contribution in [0.15, 0.2) is 114 Å². The van der Waals surface area contributed by atoms with Gasteiger partial charge in [-0.25, -0.2) is 0 Å². The molecular formula is C28H22N2O6S2. The molecule has 1 atom stereocenters. The third kappa shape index (κ3) is 4.94. The zero-order chi connectivity index (χ0) is 27.0. The Bertz CT molecular complexity index is 1750. The van der Waals surface area contributed by atoms with Crippen molar-refractivity contribution in [3.63, 3.8) is 0 Å². The first kappa shape index (κ1) is 25.7. The lowest BCUT2D eigenvalue weighted by Crippen LogP contribution is -2.35. The Morgan fingerprint density at radius 2 is 1.29 bits per heavy atom. The lowest BCUT2D eigenvalue weighted by atomic mass is 9.90. The van der Waals surface area contributed by atoms with Gasteiger partial charge in [-0.15, -0.1) is 0 Å². The fraction of sp³-hybridized carbons (Fsp3) is 0.0714. The van der Waals surface area contributed by atoms with E-state index >= 15 is 0 Å². The van der Waals surface area contributed by atoms with E-state index in [0.29, 0.717) is 5.69 Å². The minimum Gasteiger partial charge on any atom is -0.285 e. The molecule has 1 aliphatic carbocycles. The molecule has 1 aliphatic rings. The first-order chi connectivity index (χ1) is 18.1. The van der Waals surface area contributed by atoms with Crippen molar-refractivity contribution < 1.29 is 25.9 Å². The zero-order valence-electron chi connectivity index (χ0n) is 19.8. The van der Waals surface area contributed by atoms with Gasteiger partial charge in [0.2, 0.25) is 0 Å². The second kappa shape index (κ2) is 9.73. The van der Waals surface area contributed by atoms with Crippen molar-refractivity contribution >= 4 is 25.8 Å². The van der Waals surface area contributed by atoms with Gasteiger partial charge in [-0.1, -0.05) is 85.0 Å². The van der Waals surface area contributed by atoms with Crippen LogP contribution in [0.5, 0.6) is 0 Å². The normalized spacial score (nSPS) is 17.7. The van der Waals surface area contributed by atoms with Crippen LogP contribution in [0.4, 0.5) is 0 Å². The van der Waals surface area contributed by atoms with Gasteiger partial charge in [-0.3, -0.25) is 19.1 Å². The van der Waals surface area contributed by atoms with E-state index in [2.05, 4.69) is 9.97 Å². The van der Waals surface area contributed by atoms with Crippen LogP contribution in [0.25, 0.3) is 28.0 Å². The molecule has 0 radical (unpaired) electrons. The van der Waals surface area contributed by atoms with E-state index in [0.717, 1.165) is 27.8 Å². The molecule has 1 heterocycles. The van der Waals surface area contributed by atoms with Gasteiger partial charge in [0.25, 0.3) is 20.2 Å². The van der Waals surface area contributed by atoms with E-state index in [-0.39, 0.29) is 17.0 Å². The second-order valence-corrected chi connectivity index (χ2v) is 11.9. The van der Waals surface area contributed by atoms with E-state index in [1.807, 2.05) is 54.6 Å². The summed E-state index contributed by atoms with van der Waals surface area (Å²) in [5, 5.41) is 0. The van der Waals surface area contributed by atoms with Crippen molar-refractivity contribution in [2.75, 3.05) is 0 Å². The highest BCUT2D eigenvalue weighted by molar-refractivity contribution is 7.87. The standard InChI is InChI=1S/C28H22N2O6S2/c31-37(32,33)25-12-10-22(11-13-25)21-6-8-24(9-7-21)26-18-30-27(19-29-26)28(38(34,35)36)16-14-23(15-17-28)20-4-2-1-3-5-20/h1-16,18-19H,17H2,(H,31,32,33)(H,34,35,36). The number of hydrogen-bond donors (Lipinski definition) is 2. The van der Waals surface area contributed by atoms with E-state index in [1.54, 1.807) is 24.3 Å². The molecule has 38 heavy (non-hydrogen) atoms. The summed E-state index contributed by atoms with van der Waals surface area (Å²) >= 11 is 0. The molecule has 192 valence electrons. The van der Waals surface area contributed by atoms with Gasteiger partial charge in [-0.2, -0.15) is 16.8 Å². The van der Waals surface area contributed by atoms with Crippen molar-refractivity contribution in [1.82, 2.24) is 9.97 Å². The molecule has 1 unspecified atom stereocenters. The third-order valence-corrected chi connectivity index (χ3v) is 8.78. The quantitative estimate of drug-likeness (QED) is 0.316. The Kier molecular flexibility index (Phi) is 6.58. The Labute approximate surface area is 220 Å². The molecule has 0 saturated heterocycles. The third-order valence-electron chi connectivity index (χ3n) is 6.48. The summed E-state index contributed by atoms with van der Waals surface area (Å²) in [5.41, 5.74) is 4.71. The Hall–Kier alpha value is -3.96. The minimum absolute atomic E-state index is 0.00561. The highest BCUT2D eigenvalue weighted by atomic mass is 32.2. The summed E-state index contributed by atoms with van der Waals surface area (Å²) in [6, 6.07) is 22.6. The summed E-state index contributed by atoms with van der Waals surface area (Å²) < 4.78 is 65.1. The van der Waals surface area contributed by atoms with Crippen molar-refractivity contribution in [3.8, 4) is 22.4 Å². The summed E-state index contributed by atoms with van der Waals surface area (Å²) in [6.07, 6.45) is 7.71. The Morgan fingerprint density at radius 1 is 0.684 bits per heavy atom. The largest absolute Gasteiger partial charge is 0.294 e. The molecule has 2 N–H and O–H groups in total. The average molecular weight is 547 g/mol. The van der Waals surface area contributed by atoms with E-state index in [9.17, 15) is 21.4 Å². The first-order valence-corrected chi connectivity index (χ1v) is 14.4. The smallest absolute Gasteiger partial charge is 0.285 e. The van der Waals surface area contributed by atoms with Crippen LogP contribution in [-0.4, -0.2) is 35.9 Å². The molecule has 10 heteroatoms. The van der Waals surface area contributed by atoms with Crippen LogP contribution in [0.2, 0.25) is 0 Å². The van der Waals surface area contributed by atoms with Gasteiger partial charge in [0.15, 0.2) is 4.75 Å². The van der Waals surface area contributed by atoms with Gasteiger partial charge in [0, 0.05) is 5.56 Å². The lowest BCUT2D eigenvalue weighted by Gasteiger charge is -2.28. The minimum atomic E-state index is -4.56. The summed E-state index contributed by atoms with van der Waals surface area (Å²) in [4.78, 5) is 8.59. The lowest BCUT2D eigenvalue weighted by molar-refractivity contribution is 0.445. The zero-order valence-corrected chi connectivity index (χ0v) is 21.5.